The van der Waals surface area contributed by atoms with Gasteiger partial charge in [0.2, 0.25) is 0 Å². The van der Waals surface area contributed by atoms with E-state index in [1.165, 1.54) is 18.2 Å². The van der Waals surface area contributed by atoms with Crippen LogP contribution in [0.3, 0.4) is 0 Å². The summed E-state index contributed by atoms with van der Waals surface area (Å²) in [4.78, 5) is 12.2. The first-order chi connectivity index (χ1) is 9.51. The van der Waals surface area contributed by atoms with Crippen LogP contribution in [0.1, 0.15) is 28.7 Å². The number of hydrogen-bond acceptors (Lipinski definition) is 4. The zero-order valence-corrected chi connectivity index (χ0v) is 11.3. The standard InChI is InChI=1S/C14H15FN4O/c1-3-13-10(6-8(2)18-19-13)14(20)17-9-4-5-11(15)12(16)7-9/h4-7H,3,16H2,1-2H3,(H,17,20). The Bertz CT molecular complexity index is 658. The van der Waals surface area contributed by atoms with Gasteiger partial charge in [0.25, 0.3) is 5.91 Å². The van der Waals surface area contributed by atoms with Gasteiger partial charge >= 0.3 is 0 Å². The molecule has 1 aromatic heterocycles. The second kappa shape index (κ2) is 5.64. The van der Waals surface area contributed by atoms with Gasteiger partial charge in [-0.2, -0.15) is 10.2 Å². The normalized spacial score (nSPS) is 10.3. The molecule has 2 aromatic rings. The fraction of sp³-hybridized carbons (Fsp3) is 0.214. The Morgan fingerprint density at radius 2 is 2.10 bits per heavy atom. The van der Waals surface area contributed by atoms with Crippen molar-refractivity contribution in [2.45, 2.75) is 20.3 Å². The van der Waals surface area contributed by atoms with Crippen molar-refractivity contribution in [3.8, 4) is 0 Å². The number of nitrogen functional groups attached to an aromatic ring is 1. The first kappa shape index (κ1) is 13.9. The highest BCUT2D eigenvalue weighted by Crippen LogP contribution is 2.18. The van der Waals surface area contributed by atoms with Crippen LogP contribution in [0.5, 0.6) is 0 Å². The molecule has 0 saturated carbocycles. The molecular weight excluding hydrogens is 259 g/mol. The lowest BCUT2D eigenvalue weighted by molar-refractivity contribution is 0.102. The van der Waals surface area contributed by atoms with Gasteiger partial charge in [0, 0.05) is 5.69 Å². The second-order valence-electron chi connectivity index (χ2n) is 4.39. The third kappa shape index (κ3) is 2.90. The average Bonchev–Trinajstić information content (AvgIpc) is 2.43. The van der Waals surface area contributed by atoms with Gasteiger partial charge in [-0.15, -0.1) is 0 Å². The number of hydrogen-bond donors (Lipinski definition) is 2. The van der Waals surface area contributed by atoms with E-state index < -0.39 is 5.82 Å². The van der Waals surface area contributed by atoms with E-state index in [0.717, 1.165) is 0 Å². The summed E-state index contributed by atoms with van der Waals surface area (Å²) >= 11 is 0. The van der Waals surface area contributed by atoms with Gasteiger partial charge in [0.05, 0.1) is 22.6 Å². The molecule has 1 heterocycles. The molecule has 6 heteroatoms. The number of carbonyl (C=O) groups is 1. The average molecular weight is 274 g/mol. The first-order valence-corrected chi connectivity index (χ1v) is 6.21. The molecule has 0 aliphatic heterocycles. The molecule has 3 N–H and O–H groups in total. The molecule has 0 bridgehead atoms. The SMILES string of the molecule is CCc1nnc(C)cc1C(=O)Nc1ccc(F)c(N)c1. The van der Waals surface area contributed by atoms with Crippen molar-refractivity contribution in [2.24, 2.45) is 0 Å². The molecule has 1 aromatic carbocycles. The van der Waals surface area contributed by atoms with Crippen LogP contribution in [0.15, 0.2) is 24.3 Å². The zero-order chi connectivity index (χ0) is 14.7. The van der Waals surface area contributed by atoms with Gasteiger partial charge in [-0.3, -0.25) is 4.79 Å². The number of rotatable bonds is 3. The van der Waals surface area contributed by atoms with Crippen LogP contribution in [-0.2, 0) is 6.42 Å². The molecule has 0 spiro atoms. The smallest absolute Gasteiger partial charge is 0.257 e. The fourth-order valence-corrected chi connectivity index (χ4v) is 1.79. The van der Waals surface area contributed by atoms with Crippen LogP contribution in [0.2, 0.25) is 0 Å². The van der Waals surface area contributed by atoms with Gasteiger partial charge < -0.3 is 11.1 Å². The van der Waals surface area contributed by atoms with Crippen molar-refractivity contribution in [1.82, 2.24) is 10.2 Å². The number of nitrogens with two attached hydrogens (primary N) is 1. The number of amides is 1. The Hall–Kier alpha value is -2.50. The fourth-order valence-electron chi connectivity index (χ4n) is 1.79. The molecule has 104 valence electrons. The maximum absolute atomic E-state index is 13.1. The van der Waals surface area contributed by atoms with Crippen molar-refractivity contribution in [2.75, 3.05) is 11.1 Å². The number of anilines is 2. The molecule has 0 aliphatic rings. The van der Waals surface area contributed by atoms with E-state index in [4.69, 9.17) is 5.73 Å². The minimum Gasteiger partial charge on any atom is -0.396 e. The number of aryl methyl sites for hydroxylation is 2. The third-order valence-corrected chi connectivity index (χ3v) is 2.83. The molecule has 0 unspecified atom stereocenters. The molecule has 0 atom stereocenters. The zero-order valence-electron chi connectivity index (χ0n) is 11.3. The van der Waals surface area contributed by atoms with Gasteiger partial charge in [-0.05, 0) is 37.6 Å². The van der Waals surface area contributed by atoms with Crippen LogP contribution < -0.4 is 11.1 Å². The maximum atomic E-state index is 13.1. The topological polar surface area (TPSA) is 80.9 Å². The quantitative estimate of drug-likeness (QED) is 0.842. The van der Waals surface area contributed by atoms with Crippen LogP contribution in [0, 0.1) is 12.7 Å². The predicted octanol–water partition coefficient (Wildman–Crippen LogP) is 2.32. The van der Waals surface area contributed by atoms with E-state index in [1.54, 1.807) is 13.0 Å². The van der Waals surface area contributed by atoms with E-state index >= 15 is 0 Å². The Balaban J connectivity index is 2.27. The van der Waals surface area contributed by atoms with Crippen molar-refractivity contribution in [1.29, 1.82) is 0 Å². The van der Waals surface area contributed by atoms with Gasteiger partial charge in [0.1, 0.15) is 5.82 Å². The summed E-state index contributed by atoms with van der Waals surface area (Å²) in [5.74, 6) is -0.829. The molecule has 0 radical (unpaired) electrons. The highest BCUT2D eigenvalue weighted by Gasteiger charge is 2.13. The van der Waals surface area contributed by atoms with Gasteiger partial charge in [-0.25, -0.2) is 4.39 Å². The van der Waals surface area contributed by atoms with Crippen LogP contribution in [0.4, 0.5) is 15.8 Å². The molecule has 0 aliphatic carbocycles. The van der Waals surface area contributed by atoms with E-state index in [-0.39, 0.29) is 11.6 Å². The Morgan fingerprint density at radius 1 is 1.35 bits per heavy atom. The minimum atomic E-state index is -0.515. The summed E-state index contributed by atoms with van der Waals surface area (Å²) in [6.45, 7) is 3.66. The van der Waals surface area contributed by atoms with Crippen molar-refractivity contribution < 1.29 is 9.18 Å². The number of nitrogens with zero attached hydrogens (tertiary/aromatic N) is 2. The molecule has 0 fully saturated rings. The Kier molecular flexibility index (Phi) is 3.93. The lowest BCUT2D eigenvalue weighted by Gasteiger charge is -2.09. The summed E-state index contributed by atoms with van der Waals surface area (Å²) in [5, 5.41) is 10.6. The van der Waals surface area contributed by atoms with E-state index in [9.17, 15) is 9.18 Å². The van der Waals surface area contributed by atoms with Gasteiger partial charge in [-0.1, -0.05) is 6.92 Å². The maximum Gasteiger partial charge on any atom is 0.257 e. The molecule has 2 rings (SSSR count). The second-order valence-corrected chi connectivity index (χ2v) is 4.39. The molecule has 5 nitrogen and oxygen atoms in total. The van der Waals surface area contributed by atoms with E-state index in [0.29, 0.717) is 29.1 Å². The number of benzene rings is 1. The number of carbonyl (C=O) groups excluding carboxylic acids is 1. The van der Waals surface area contributed by atoms with E-state index in [1.807, 2.05) is 6.92 Å². The largest absolute Gasteiger partial charge is 0.396 e. The van der Waals surface area contributed by atoms with E-state index in [2.05, 4.69) is 15.5 Å². The number of nitrogens with one attached hydrogen (secondary N) is 1. The van der Waals surface area contributed by atoms with Crippen LogP contribution in [0.25, 0.3) is 0 Å². The Labute approximate surface area is 116 Å². The summed E-state index contributed by atoms with van der Waals surface area (Å²) in [7, 11) is 0. The highest BCUT2D eigenvalue weighted by molar-refractivity contribution is 6.05. The number of aromatic nitrogens is 2. The number of halogens is 1. The summed E-state index contributed by atoms with van der Waals surface area (Å²) < 4.78 is 13.1. The first-order valence-electron chi connectivity index (χ1n) is 6.21. The lowest BCUT2D eigenvalue weighted by Crippen LogP contribution is -2.16. The Morgan fingerprint density at radius 3 is 2.75 bits per heavy atom. The summed E-state index contributed by atoms with van der Waals surface area (Å²) in [5.41, 5.74) is 7.62. The summed E-state index contributed by atoms with van der Waals surface area (Å²) in [6, 6.07) is 5.72. The summed E-state index contributed by atoms with van der Waals surface area (Å²) in [6.07, 6.45) is 0.599. The predicted molar refractivity (Wildman–Crippen MR) is 74.9 cm³/mol. The van der Waals surface area contributed by atoms with Gasteiger partial charge in [0.15, 0.2) is 0 Å². The minimum absolute atomic E-state index is 0.0115. The van der Waals surface area contributed by atoms with Crippen LogP contribution >= 0.6 is 0 Å². The van der Waals surface area contributed by atoms with Crippen LogP contribution in [-0.4, -0.2) is 16.1 Å². The highest BCUT2D eigenvalue weighted by atomic mass is 19.1. The molecular formula is C14H15FN4O. The van der Waals surface area contributed by atoms with Crippen molar-refractivity contribution >= 4 is 17.3 Å². The van der Waals surface area contributed by atoms with Crippen molar-refractivity contribution in [3.63, 3.8) is 0 Å². The molecule has 1 amide bonds. The lowest BCUT2D eigenvalue weighted by atomic mass is 10.1. The molecule has 0 saturated heterocycles. The monoisotopic (exact) mass is 274 g/mol. The third-order valence-electron chi connectivity index (χ3n) is 2.83. The molecule has 20 heavy (non-hydrogen) atoms. The van der Waals surface area contributed by atoms with Crippen molar-refractivity contribution in [3.05, 3.63) is 47.0 Å².